The first-order valence-electron chi connectivity index (χ1n) is 10.3. The molecule has 1 heterocycles. The Bertz CT molecular complexity index is 1310. The second kappa shape index (κ2) is 7.20. The van der Waals surface area contributed by atoms with Crippen molar-refractivity contribution in [3.05, 3.63) is 76.9 Å². The van der Waals surface area contributed by atoms with Crippen molar-refractivity contribution in [1.29, 1.82) is 0 Å². The zero-order valence-corrected chi connectivity index (χ0v) is 17.6. The predicted molar refractivity (Wildman–Crippen MR) is 119 cm³/mol. The fourth-order valence-corrected chi connectivity index (χ4v) is 4.35. The number of rotatable bonds is 5. The summed E-state index contributed by atoms with van der Waals surface area (Å²) < 4.78 is 11.0. The number of nitrogens with zero attached hydrogens (tertiary/aromatic N) is 1. The summed E-state index contributed by atoms with van der Waals surface area (Å²) in [6.07, 6.45) is 1.03. The minimum absolute atomic E-state index is 0.00981. The molecule has 0 saturated heterocycles. The van der Waals surface area contributed by atoms with Crippen LogP contribution in [-0.2, 0) is 20.7 Å². The molecule has 1 aliphatic heterocycles. The molecule has 0 fully saturated rings. The van der Waals surface area contributed by atoms with Gasteiger partial charge < -0.3 is 9.47 Å². The first kappa shape index (κ1) is 19.2. The molecule has 1 amide bonds. The highest BCUT2D eigenvalue weighted by molar-refractivity contribution is 6.53. The summed E-state index contributed by atoms with van der Waals surface area (Å²) in [5.74, 6) is 0.849. The molecule has 5 nitrogen and oxygen atoms in total. The Kier molecular flexibility index (Phi) is 4.47. The molecule has 5 rings (SSSR count). The van der Waals surface area contributed by atoms with Crippen LogP contribution in [0.5, 0.6) is 11.5 Å². The Labute approximate surface area is 180 Å². The van der Waals surface area contributed by atoms with E-state index in [1.54, 1.807) is 0 Å². The lowest BCUT2D eigenvalue weighted by atomic mass is 10.0. The van der Waals surface area contributed by atoms with Crippen LogP contribution in [0.15, 0.2) is 65.2 Å². The monoisotopic (exact) mass is 411 g/mol. The molecule has 1 aliphatic carbocycles. The molecule has 0 N–H and O–H groups in total. The maximum atomic E-state index is 12.3. The summed E-state index contributed by atoms with van der Waals surface area (Å²) in [5.41, 5.74) is 3.97. The summed E-state index contributed by atoms with van der Waals surface area (Å²) in [4.78, 5) is 28.7. The van der Waals surface area contributed by atoms with E-state index in [4.69, 9.17) is 9.47 Å². The van der Waals surface area contributed by atoms with Crippen LogP contribution in [0.4, 0.5) is 0 Å². The molecule has 0 spiro atoms. The van der Waals surface area contributed by atoms with E-state index in [2.05, 4.69) is 31.0 Å². The molecule has 0 saturated carbocycles. The van der Waals surface area contributed by atoms with E-state index < -0.39 is 11.9 Å². The van der Waals surface area contributed by atoms with Gasteiger partial charge in [-0.05, 0) is 47.7 Å². The van der Waals surface area contributed by atoms with Crippen molar-refractivity contribution < 1.29 is 19.1 Å². The third-order valence-corrected chi connectivity index (χ3v) is 5.62. The smallest absolute Gasteiger partial charge is 0.344 e. The van der Waals surface area contributed by atoms with E-state index in [9.17, 15) is 9.59 Å². The lowest BCUT2D eigenvalue weighted by Crippen LogP contribution is -2.11. The van der Waals surface area contributed by atoms with E-state index in [0.717, 1.165) is 34.1 Å². The number of ether oxygens (including phenoxy) is 2. The SMILES string of the molecule is COC(=O)C1=C2C(=NC1=O)c1cccc3c(Oc4ccc(CC(C)C)cc4)ccc2c13. The van der Waals surface area contributed by atoms with Crippen molar-refractivity contribution in [2.75, 3.05) is 7.11 Å². The minimum atomic E-state index is -0.665. The highest BCUT2D eigenvalue weighted by atomic mass is 16.5. The van der Waals surface area contributed by atoms with Crippen molar-refractivity contribution in [3.8, 4) is 11.5 Å². The van der Waals surface area contributed by atoms with Crippen molar-refractivity contribution in [1.82, 2.24) is 0 Å². The van der Waals surface area contributed by atoms with E-state index in [0.29, 0.717) is 23.0 Å². The summed E-state index contributed by atoms with van der Waals surface area (Å²) in [7, 11) is 1.27. The van der Waals surface area contributed by atoms with E-state index in [-0.39, 0.29) is 5.57 Å². The number of benzene rings is 3. The maximum Gasteiger partial charge on any atom is 0.344 e. The number of carbonyl (C=O) groups is 2. The van der Waals surface area contributed by atoms with E-state index in [1.165, 1.54) is 12.7 Å². The van der Waals surface area contributed by atoms with Crippen molar-refractivity contribution in [3.63, 3.8) is 0 Å². The normalized spacial score (nSPS) is 14.3. The fraction of sp³-hybridized carbons (Fsp3) is 0.192. The van der Waals surface area contributed by atoms with Crippen LogP contribution >= 0.6 is 0 Å². The molecule has 154 valence electrons. The number of allylic oxidation sites excluding steroid dienone is 1. The summed E-state index contributed by atoms with van der Waals surface area (Å²) >= 11 is 0. The lowest BCUT2D eigenvalue weighted by Gasteiger charge is -2.12. The average Bonchev–Trinajstić information content (AvgIpc) is 3.25. The number of hydrogen-bond donors (Lipinski definition) is 0. The Morgan fingerprint density at radius 1 is 1.00 bits per heavy atom. The average molecular weight is 411 g/mol. The number of esters is 1. The van der Waals surface area contributed by atoms with Gasteiger partial charge in [0.05, 0.1) is 12.8 Å². The Morgan fingerprint density at radius 2 is 1.77 bits per heavy atom. The molecular formula is C26H21NO4. The van der Waals surface area contributed by atoms with Crippen molar-refractivity contribution >= 4 is 33.9 Å². The molecule has 2 aliphatic rings. The fourth-order valence-electron chi connectivity index (χ4n) is 4.35. The van der Waals surface area contributed by atoms with Gasteiger partial charge in [-0.2, -0.15) is 0 Å². The van der Waals surface area contributed by atoms with Gasteiger partial charge in [0.25, 0.3) is 5.91 Å². The van der Waals surface area contributed by atoms with Gasteiger partial charge in [0.15, 0.2) is 0 Å². The minimum Gasteiger partial charge on any atom is -0.465 e. The summed E-state index contributed by atoms with van der Waals surface area (Å²) in [6.45, 7) is 4.40. The molecule has 0 radical (unpaired) electrons. The number of hydrogen-bond acceptors (Lipinski definition) is 4. The van der Waals surface area contributed by atoms with Crippen LogP contribution < -0.4 is 4.74 Å². The van der Waals surface area contributed by atoms with Gasteiger partial charge in [0.1, 0.15) is 17.1 Å². The van der Waals surface area contributed by atoms with Gasteiger partial charge in [0.2, 0.25) is 0 Å². The summed E-state index contributed by atoms with van der Waals surface area (Å²) in [5, 5.41) is 1.83. The van der Waals surface area contributed by atoms with Gasteiger partial charge in [0, 0.05) is 21.9 Å². The van der Waals surface area contributed by atoms with Gasteiger partial charge in [-0.3, -0.25) is 4.79 Å². The standard InChI is InChI=1S/C26H21NO4/c1-14(2)13-15-7-9-16(10-8-15)31-20-12-11-18-21-17(20)5-4-6-19(21)24-22(18)23(25(28)27-24)26(29)30-3/h4-12,14H,13H2,1-3H3. The second-order valence-corrected chi connectivity index (χ2v) is 8.19. The van der Waals surface area contributed by atoms with Crippen molar-refractivity contribution in [2.24, 2.45) is 10.9 Å². The van der Waals surface area contributed by atoms with Crippen LogP contribution in [0, 0.1) is 5.92 Å². The van der Waals surface area contributed by atoms with Gasteiger partial charge >= 0.3 is 5.97 Å². The van der Waals surface area contributed by atoms with Gasteiger partial charge in [-0.1, -0.05) is 44.2 Å². The molecule has 3 aromatic carbocycles. The van der Waals surface area contributed by atoms with E-state index in [1.807, 2.05) is 42.5 Å². The van der Waals surface area contributed by atoms with Crippen LogP contribution in [0.25, 0.3) is 16.3 Å². The molecule has 0 atom stereocenters. The molecule has 5 heteroatoms. The zero-order valence-electron chi connectivity index (χ0n) is 17.6. The molecule has 0 bridgehead atoms. The van der Waals surface area contributed by atoms with Crippen LogP contribution in [0.3, 0.4) is 0 Å². The molecule has 31 heavy (non-hydrogen) atoms. The molecular weight excluding hydrogens is 390 g/mol. The summed E-state index contributed by atoms with van der Waals surface area (Å²) in [6, 6.07) is 17.7. The second-order valence-electron chi connectivity index (χ2n) is 8.19. The molecule has 3 aromatic rings. The quantitative estimate of drug-likeness (QED) is 0.433. The topological polar surface area (TPSA) is 65.0 Å². The Morgan fingerprint density at radius 3 is 2.48 bits per heavy atom. The Balaban J connectivity index is 1.59. The van der Waals surface area contributed by atoms with E-state index >= 15 is 0 Å². The van der Waals surface area contributed by atoms with Gasteiger partial charge in [-0.25, -0.2) is 9.79 Å². The van der Waals surface area contributed by atoms with Gasteiger partial charge in [-0.15, -0.1) is 0 Å². The third kappa shape index (κ3) is 3.05. The maximum absolute atomic E-state index is 12.3. The number of carbonyl (C=O) groups excluding carboxylic acids is 2. The predicted octanol–water partition coefficient (Wildman–Crippen LogP) is 5.10. The molecule has 0 aromatic heterocycles. The first-order chi connectivity index (χ1) is 15.0. The largest absolute Gasteiger partial charge is 0.465 e. The number of aliphatic imine (C=N–C) groups is 1. The zero-order chi connectivity index (χ0) is 21.7. The van der Waals surface area contributed by atoms with Crippen LogP contribution in [0.1, 0.15) is 30.5 Å². The number of fused-ring (bicyclic) bond motifs is 3. The highest BCUT2D eigenvalue weighted by Gasteiger charge is 2.39. The number of amides is 1. The highest BCUT2D eigenvalue weighted by Crippen LogP contribution is 2.46. The first-order valence-corrected chi connectivity index (χ1v) is 10.3. The third-order valence-electron chi connectivity index (χ3n) is 5.62. The van der Waals surface area contributed by atoms with Crippen molar-refractivity contribution in [2.45, 2.75) is 20.3 Å². The molecule has 0 unspecified atom stereocenters. The van der Waals surface area contributed by atoms with Crippen LogP contribution in [-0.4, -0.2) is 24.7 Å². The number of methoxy groups -OCH3 is 1. The van der Waals surface area contributed by atoms with Crippen LogP contribution in [0.2, 0.25) is 0 Å². The Hall–Kier alpha value is -3.73. The lowest BCUT2D eigenvalue weighted by molar-refractivity contribution is -0.137.